The predicted octanol–water partition coefficient (Wildman–Crippen LogP) is 1.76. The fourth-order valence-electron chi connectivity index (χ4n) is 1.45. The summed E-state index contributed by atoms with van der Waals surface area (Å²) in [5.74, 6) is -1.22. The summed E-state index contributed by atoms with van der Waals surface area (Å²) < 4.78 is 0. The molecule has 0 bridgehead atoms. The van der Waals surface area contributed by atoms with Crippen LogP contribution < -0.4 is 11.2 Å². The first-order valence-electron chi connectivity index (χ1n) is 5.60. The molecule has 4 N–H and O–H groups in total. The molecule has 0 saturated heterocycles. The van der Waals surface area contributed by atoms with Crippen molar-refractivity contribution in [1.82, 2.24) is 10.4 Å². The highest BCUT2D eigenvalue weighted by Crippen LogP contribution is 2.32. The topological polar surface area (TPSA) is 144 Å². The van der Waals surface area contributed by atoms with Crippen LogP contribution in [0, 0.1) is 10.1 Å². The number of benzene rings is 1. The Hall–Kier alpha value is -2.72. The Morgan fingerprint density at radius 1 is 1.59 bits per heavy atom. The van der Waals surface area contributed by atoms with Crippen LogP contribution in [0.2, 0.25) is 5.02 Å². The fraction of sp³-hybridized carbons (Fsp3) is 0. The molecule has 114 valence electrons. The molecule has 0 unspecified atom stereocenters. The number of carbonyl (C=O) groups is 1. The van der Waals surface area contributed by atoms with Gasteiger partial charge in [0.2, 0.25) is 5.75 Å². The Labute approximate surface area is 132 Å². The van der Waals surface area contributed by atoms with E-state index in [1.54, 1.807) is 0 Å². The summed E-state index contributed by atoms with van der Waals surface area (Å²) in [6.45, 7) is 0. The van der Waals surface area contributed by atoms with Gasteiger partial charge in [-0.05, 0) is 6.07 Å². The average molecular weight is 342 g/mol. The number of nitro groups is 1. The number of hydrogen-bond acceptors (Lipinski definition) is 8. The van der Waals surface area contributed by atoms with E-state index in [9.17, 15) is 20.0 Å². The van der Waals surface area contributed by atoms with Crippen molar-refractivity contribution in [3.8, 4) is 5.75 Å². The minimum Gasteiger partial charge on any atom is -0.502 e. The Morgan fingerprint density at radius 3 is 2.91 bits per heavy atom. The fourth-order valence-corrected chi connectivity index (χ4v) is 2.22. The number of phenolic OH excluding ortho intramolecular Hbond substituents is 1. The number of halogens is 1. The summed E-state index contributed by atoms with van der Waals surface area (Å²) in [6, 6.07) is 2.27. The smallest absolute Gasteiger partial charge is 0.312 e. The highest BCUT2D eigenvalue weighted by atomic mass is 35.5. The van der Waals surface area contributed by atoms with E-state index in [-0.39, 0.29) is 21.4 Å². The van der Waals surface area contributed by atoms with Crippen LogP contribution in [-0.2, 0) is 0 Å². The van der Waals surface area contributed by atoms with Crippen molar-refractivity contribution in [2.75, 3.05) is 5.73 Å². The minimum atomic E-state index is -0.783. The first-order chi connectivity index (χ1) is 10.4. The lowest BCUT2D eigenvalue weighted by Gasteiger charge is -2.01. The van der Waals surface area contributed by atoms with E-state index in [2.05, 4.69) is 15.5 Å². The predicted molar refractivity (Wildman–Crippen MR) is 81.4 cm³/mol. The molecule has 1 aromatic carbocycles. The molecule has 2 rings (SSSR count). The van der Waals surface area contributed by atoms with Gasteiger partial charge in [-0.2, -0.15) is 5.10 Å². The molecular formula is C11H8ClN5O4S. The van der Waals surface area contributed by atoms with Crippen LogP contribution in [0.3, 0.4) is 0 Å². The van der Waals surface area contributed by atoms with Gasteiger partial charge in [-0.25, -0.2) is 10.4 Å². The maximum atomic E-state index is 11.6. The summed E-state index contributed by atoms with van der Waals surface area (Å²) in [5, 5.41) is 25.8. The van der Waals surface area contributed by atoms with Gasteiger partial charge in [0.05, 0.1) is 11.1 Å². The lowest BCUT2D eigenvalue weighted by atomic mass is 10.2. The van der Waals surface area contributed by atoms with Crippen LogP contribution in [0.15, 0.2) is 22.6 Å². The van der Waals surface area contributed by atoms with Gasteiger partial charge in [-0.3, -0.25) is 14.9 Å². The quantitative estimate of drug-likeness (QED) is 0.439. The van der Waals surface area contributed by atoms with Gasteiger partial charge in [-0.15, -0.1) is 11.3 Å². The van der Waals surface area contributed by atoms with E-state index in [1.807, 2.05) is 0 Å². The van der Waals surface area contributed by atoms with Crippen molar-refractivity contribution >= 4 is 45.9 Å². The number of aromatic hydroxyl groups is 1. The van der Waals surface area contributed by atoms with Crippen molar-refractivity contribution in [2.45, 2.75) is 0 Å². The zero-order valence-corrected chi connectivity index (χ0v) is 12.3. The maximum absolute atomic E-state index is 11.6. The summed E-state index contributed by atoms with van der Waals surface area (Å²) in [5.41, 5.74) is 7.05. The number of nitrogens with two attached hydrogens (primary N) is 1. The molecule has 9 nitrogen and oxygen atoms in total. The number of amides is 1. The number of nitrogen functional groups attached to an aromatic ring is 1. The van der Waals surface area contributed by atoms with E-state index in [0.717, 1.165) is 23.6 Å². The molecule has 0 saturated carbocycles. The van der Waals surface area contributed by atoms with Gasteiger partial charge in [0, 0.05) is 22.0 Å². The number of nitrogens with one attached hydrogen (secondary N) is 1. The van der Waals surface area contributed by atoms with Crippen molar-refractivity contribution in [3.63, 3.8) is 0 Å². The molecule has 2 aromatic rings. The minimum absolute atomic E-state index is 0.0164. The second kappa shape index (κ2) is 6.37. The number of nitro benzene ring substituents is 1. The molecule has 22 heavy (non-hydrogen) atoms. The lowest BCUT2D eigenvalue weighted by molar-refractivity contribution is -0.385. The normalized spacial score (nSPS) is 10.8. The average Bonchev–Trinajstić information content (AvgIpc) is 2.88. The number of phenols is 1. The standard InChI is InChI=1S/C11H8ClN5O4S/c12-6-1-5(9(18)8(2-6)17(20)21)3-14-16-10(19)7-4-22-11(13)15-7/h1-4,18H,(H2,13,15)(H,16,19). The maximum Gasteiger partial charge on any atom is 0.312 e. The molecule has 0 atom stereocenters. The van der Waals surface area contributed by atoms with Gasteiger partial charge in [0.25, 0.3) is 5.91 Å². The van der Waals surface area contributed by atoms with Crippen LogP contribution in [0.1, 0.15) is 16.1 Å². The molecule has 0 radical (unpaired) electrons. The van der Waals surface area contributed by atoms with Gasteiger partial charge < -0.3 is 10.8 Å². The summed E-state index contributed by atoms with van der Waals surface area (Å²) >= 11 is 6.81. The van der Waals surface area contributed by atoms with Crippen molar-refractivity contribution in [2.24, 2.45) is 5.10 Å². The van der Waals surface area contributed by atoms with Gasteiger partial charge >= 0.3 is 5.69 Å². The highest BCUT2D eigenvalue weighted by molar-refractivity contribution is 7.13. The summed E-state index contributed by atoms with van der Waals surface area (Å²) in [4.78, 5) is 25.4. The third-order valence-electron chi connectivity index (χ3n) is 2.41. The largest absolute Gasteiger partial charge is 0.502 e. The Balaban J connectivity index is 2.17. The third kappa shape index (κ3) is 3.48. The number of anilines is 1. The number of carbonyl (C=O) groups excluding carboxylic acids is 1. The second-order valence-electron chi connectivity index (χ2n) is 3.89. The number of hydrogen-bond donors (Lipinski definition) is 3. The molecular weight excluding hydrogens is 334 g/mol. The lowest BCUT2D eigenvalue weighted by Crippen LogP contribution is -2.18. The van der Waals surface area contributed by atoms with Crippen molar-refractivity contribution in [1.29, 1.82) is 0 Å². The first-order valence-corrected chi connectivity index (χ1v) is 6.85. The molecule has 1 aromatic heterocycles. The zero-order chi connectivity index (χ0) is 16.3. The number of thiazole rings is 1. The number of hydrazone groups is 1. The van der Waals surface area contributed by atoms with Crippen molar-refractivity contribution < 1.29 is 14.8 Å². The van der Waals surface area contributed by atoms with Gasteiger partial charge in [-0.1, -0.05) is 11.6 Å². The molecule has 11 heteroatoms. The SMILES string of the molecule is Nc1nc(C(=O)NN=Cc2cc(Cl)cc([N+](=O)[O-])c2O)cs1. The molecule has 0 spiro atoms. The van der Waals surface area contributed by atoms with Crippen molar-refractivity contribution in [3.05, 3.63) is 43.9 Å². The third-order valence-corrected chi connectivity index (χ3v) is 3.30. The van der Waals surface area contributed by atoms with Crippen LogP contribution in [0.5, 0.6) is 5.75 Å². The second-order valence-corrected chi connectivity index (χ2v) is 5.22. The highest BCUT2D eigenvalue weighted by Gasteiger charge is 2.17. The monoisotopic (exact) mass is 341 g/mol. The Bertz CT molecular complexity index is 776. The number of rotatable bonds is 4. The van der Waals surface area contributed by atoms with Gasteiger partial charge in [0.1, 0.15) is 5.69 Å². The van der Waals surface area contributed by atoms with Gasteiger partial charge in [0.15, 0.2) is 5.13 Å². The number of nitrogens with zero attached hydrogens (tertiary/aromatic N) is 3. The zero-order valence-electron chi connectivity index (χ0n) is 10.7. The van der Waals surface area contributed by atoms with Crippen LogP contribution >= 0.6 is 22.9 Å². The van der Waals surface area contributed by atoms with Crippen LogP contribution in [0.25, 0.3) is 0 Å². The van der Waals surface area contributed by atoms with E-state index in [4.69, 9.17) is 17.3 Å². The van der Waals surface area contributed by atoms with E-state index in [1.165, 1.54) is 11.4 Å². The van der Waals surface area contributed by atoms with E-state index >= 15 is 0 Å². The number of aromatic nitrogens is 1. The van der Waals surface area contributed by atoms with E-state index in [0.29, 0.717) is 0 Å². The molecule has 1 heterocycles. The molecule has 1 amide bonds. The summed E-state index contributed by atoms with van der Waals surface area (Å²) in [7, 11) is 0. The Morgan fingerprint density at radius 2 is 2.32 bits per heavy atom. The molecule has 0 aliphatic carbocycles. The molecule has 0 aliphatic heterocycles. The Kier molecular flexibility index (Phi) is 4.53. The molecule has 0 fully saturated rings. The van der Waals surface area contributed by atoms with Crippen LogP contribution in [0.4, 0.5) is 10.8 Å². The van der Waals surface area contributed by atoms with Crippen LogP contribution in [-0.4, -0.2) is 27.1 Å². The molecule has 0 aliphatic rings. The van der Waals surface area contributed by atoms with E-state index < -0.39 is 22.3 Å². The first kappa shape index (κ1) is 15.7. The summed E-state index contributed by atoms with van der Waals surface area (Å²) in [6.07, 6.45) is 1.03.